The summed E-state index contributed by atoms with van der Waals surface area (Å²) in [6.45, 7) is 0.399. The van der Waals surface area contributed by atoms with Gasteiger partial charge in [-0.05, 0) is 55.7 Å². The summed E-state index contributed by atoms with van der Waals surface area (Å²) in [6, 6.07) is 11.7. The minimum Gasteiger partial charge on any atom is -0.358 e. The van der Waals surface area contributed by atoms with Gasteiger partial charge in [0.05, 0.1) is 0 Å². The number of nitrogens with one attached hydrogen (secondary N) is 1. The average molecular weight is 435 g/mol. The number of carbonyl (C=O) groups is 1. The highest BCUT2D eigenvalue weighted by molar-refractivity contribution is 5.98. The number of hydrogen-bond acceptors (Lipinski definition) is 3. The Morgan fingerprint density at radius 3 is 2.75 bits per heavy atom. The van der Waals surface area contributed by atoms with E-state index in [1.807, 2.05) is 12.1 Å². The highest BCUT2D eigenvalue weighted by Gasteiger charge is 2.30. The smallest absolute Gasteiger partial charge is 0.333 e. The zero-order chi connectivity index (χ0) is 22.2. The lowest BCUT2D eigenvalue weighted by Crippen LogP contribution is -2.39. The summed E-state index contributed by atoms with van der Waals surface area (Å²) in [7, 11) is 0. The topological polar surface area (TPSA) is 66.8 Å². The molecule has 0 spiro atoms. The van der Waals surface area contributed by atoms with Crippen LogP contribution in [0.15, 0.2) is 55.0 Å². The number of aryl methyl sites for hydroxylation is 1. The Balaban J connectivity index is 1.50. The lowest BCUT2D eigenvalue weighted by molar-refractivity contribution is 0.0546. The molecule has 0 saturated carbocycles. The van der Waals surface area contributed by atoms with E-state index >= 15 is 0 Å². The van der Waals surface area contributed by atoms with Crippen molar-refractivity contribution in [1.29, 1.82) is 0 Å². The largest absolute Gasteiger partial charge is 0.358 e. The molecule has 3 aromatic heterocycles. The molecule has 1 aliphatic rings. The lowest BCUT2D eigenvalue weighted by atomic mass is 9.89. The second-order valence-corrected chi connectivity index (χ2v) is 8.25. The maximum atomic E-state index is 13.0. The molecule has 0 aliphatic carbocycles. The summed E-state index contributed by atoms with van der Waals surface area (Å²) in [5, 5.41) is 4.90. The van der Waals surface area contributed by atoms with E-state index in [1.54, 1.807) is 17.3 Å². The van der Waals surface area contributed by atoms with Gasteiger partial charge in [-0.25, -0.2) is 4.68 Å². The first-order valence-corrected chi connectivity index (χ1v) is 10.7. The van der Waals surface area contributed by atoms with E-state index in [9.17, 15) is 13.6 Å². The number of aromatic nitrogens is 4. The Labute approximate surface area is 183 Å². The van der Waals surface area contributed by atoms with Crippen molar-refractivity contribution < 1.29 is 13.6 Å². The molecule has 1 aliphatic heterocycles. The van der Waals surface area contributed by atoms with Gasteiger partial charge in [-0.3, -0.25) is 9.78 Å². The van der Waals surface area contributed by atoms with Crippen LogP contribution in [0.5, 0.6) is 0 Å². The van der Waals surface area contributed by atoms with E-state index in [0.29, 0.717) is 17.8 Å². The molecule has 8 heteroatoms. The number of halogens is 2. The summed E-state index contributed by atoms with van der Waals surface area (Å²) in [4.78, 5) is 22.4. The number of fused-ring (bicyclic) bond motifs is 1. The summed E-state index contributed by atoms with van der Waals surface area (Å²) < 4.78 is 26.3. The zero-order valence-electron chi connectivity index (χ0n) is 17.6. The van der Waals surface area contributed by atoms with Crippen molar-refractivity contribution in [3.8, 4) is 11.1 Å². The number of likely N-dealkylation sites (tertiary alicyclic amines) is 1. The average Bonchev–Trinajstić information content (AvgIpc) is 3.44. The van der Waals surface area contributed by atoms with Gasteiger partial charge in [-0.15, -0.1) is 0 Å². The first-order valence-electron chi connectivity index (χ1n) is 10.7. The predicted octanol–water partition coefficient (Wildman–Crippen LogP) is 5.15. The van der Waals surface area contributed by atoms with Crippen molar-refractivity contribution in [2.24, 2.45) is 0 Å². The second kappa shape index (κ2) is 8.18. The third-order valence-electron chi connectivity index (χ3n) is 6.10. The van der Waals surface area contributed by atoms with Crippen LogP contribution in [0.3, 0.4) is 0 Å². The monoisotopic (exact) mass is 435 g/mol. The predicted molar refractivity (Wildman–Crippen MR) is 118 cm³/mol. The molecule has 1 amide bonds. The molecule has 4 heterocycles. The number of carbonyl (C=O) groups excluding carboxylic acids is 1. The third kappa shape index (κ3) is 3.66. The van der Waals surface area contributed by atoms with Crippen LogP contribution in [0, 0.1) is 6.92 Å². The normalized spacial score (nSPS) is 16.8. The molecule has 1 N–H and O–H groups in total. The Morgan fingerprint density at radius 1 is 1.19 bits per heavy atom. The highest BCUT2D eigenvalue weighted by atomic mass is 19.3. The van der Waals surface area contributed by atoms with Crippen LogP contribution < -0.4 is 0 Å². The molecule has 4 aromatic rings. The second-order valence-electron chi connectivity index (χ2n) is 8.25. The number of amides is 1. The van der Waals surface area contributed by atoms with Gasteiger partial charge in [0, 0.05) is 59.8 Å². The Bertz CT molecular complexity index is 1260. The van der Waals surface area contributed by atoms with Gasteiger partial charge < -0.3 is 9.88 Å². The molecule has 1 saturated heterocycles. The van der Waals surface area contributed by atoms with E-state index in [1.165, 1.54) is 11.6 Å². The Kier molecular flexibility index (Phi) is 5.20. The molecular weight excluding hydrogens is 412 g/mol. The molecule has 1 fully saturated rings. The number of piperidine rings is 1. The van der Waals surface area contributed by atoms with E-state index in [-0.39, 0.29) is 17.5 Å². The Morgan fingerprint density at radius 2 is 2.00 bits per heavy atom. The van der Waals surface area contributed by atoms with Crippen molar-refractivity contribution in [3.63, 3.8) is 0 Å². The SMILES string of the molecule is Cc1ccc2[nH]c([C@H]3CCCN(C(=O)c4ccn(C(F)F)n4)C3)c(-c3ccncc3)c2c1. The minimum absolute atomic E-state index is 0.0487. The fourth-order valence-corrected chi connectivity index (χ4v) is 4.58. The Hall–Kier alpha value is -3.55. The van der Waals surface area contributed by atoms with Gasteiger partial charge in [-0.1, -0.05) is 11.6 Å². The van der Waals surface area contributed by atoms with E-state index in [4.69, 9.17) is 0 Å². The van der Waals surface area contributed by atoms with Crippen LogP contribution in [0.1, 0.15) is 47.1 Å². The standard InChI is InChI=1S/C24H23F2N5O/c1-15-4-5-19-18(13-15)21(16-6-9-27-10-7-16)22(28-19)17-3-2-11-30(14-17)23(32)20-8-12-31(29-20)24(25)26/h4-10,12-13,17,24,28H,2-3,11,14H2,1H3/t17-/m0/s1. The molecule has 0 bridgehead atoms. The number of aromatic amines is 1. The summed E-state index contributed by atoms with van der Waals surface area (Å²) in [6.07, 6.45) is 6.46. The number of rotatable bonds is 4. The number of alkyl halides is 2. The van der Waals surface area contributed by atoms with Crippen LogP contribution in [0.4, 0.5) is 8.78 Å². The maximum absolute atomic E-state index is 13.0. The number of H-pyrrole nitrogens is 1. The van der Waals surface area contributed by atoms with Crippen LogP contribution >= 0.6 is 0 Å². The quantitative estimate of drug-likeness (QED) is 0.482. The molecule has 164 valence electrons. The van der Waals surface area contributed by atoms with Crippen molar-refractivity contribution in [3.05, 3.63) is 71.9 Å². The number of pyridine rings is 1. The van der Waals surface area contributed by atoms with E-state index < -0.39 is 6.55 Å². The van der Waals surface area contributed by atoms with Crippen LogP contribution in [0.25, 0.3) is 22.0 Å². The molecule has 5 rings (SSSR count). The summed E-state index contributed by atoms with van der Waals surface area (Å²) >= 11 is 0. The van der Waals surface area contributed by atoms with Crippen molar-refractivity contribution in [1.82, 2.24) is 24.6 Å². The van der Waals surface area contributed by atoms with Gasteiger partial charge in [0.1, 0.15) is 0 Å². The van der Waals surface area contributed by atoms with Gasteiger partial charge in [0.25, 0.3) is 5.91 Å². The fourth-order valence-electron chi connectivity index (χ4n) is 4.58. The number of hydrogen-bond donors (Lipinski definition) is 1. The molecule has 32 heavy (non-hydrogen) atoms. The van der Waals surface area contributed by atoms with E-state index in [2.05, 4.69) is 40.2 Å². The number of benzene rings is 1. The van der Waals surface area contributed by atoms with Crippen molar-refractivity contribution >= 4 is 16.8 Å². The summed E-state index contributed by atoms with van der Waals surface area (Å²) in [5.41, 5.74) is 5.57. The number of nitrogens with zero attached hydrogens (tertiary/aromatic N) is 4. The van der Waals surface area contributed by atoms with Gasteiger partial charge in [0.15, 0.2) is 5.69 Å². The maximum Gasteiger partial charge on any atom is 0.333 e. The third-order valence-corrected chi connectivity index (χ3v) is 6.10. The van der Waals surface area contributed by atoms with Gasteiger partial charge >= 0.3 is 6.55 Å². The first-order chi connectivity index (χ1) is 15.5. The molecule has 6 nitrogen and oxygen atoms in total. The first kappa shape index (κ1) is 20.4. The van der Waals surface area contributed by atoms with Crippen molar-refractivity contribution in [2.75, 3.05) is 13.1 Å². The molecule has 1 atom stereocenters. The van der Waals surface area contributed by atoms with Gasteiger partial charge in [-0.2, -0.15) is 13.9 Å². The molecule has 1 aromatic carbocycles. The molecular formula is C24H23F2N5O. The lowest BCUT2D eigenvalue weighted by Gasteiger charge is -2.32. The fraction of sp³-hybridized carbons (Fsp3) is 0.292. The van der Waals surface area contributed by atoms with E-state index in [0.717, 1.165) is 46.8 Å². The highest BCUT2D eigenvalue weighted by Crippen LogP contribution is 2.39. The van der Waals surface area contributed by atoms with Crippen LogP contribution in [-0.2, 0) is 0 Å². The van der Waals surface area contributed by atoms with Crippen LogP contribution in [0.2, 0.25) is 0 Å². The summed E-state index contributed by atoms with van der Waals surface area (Å²) in [5.74, 6) is -0.215. The minimum atomic E-state index is -2.76. The van der Waals surface area contributed by atoms with Crippen LogP contribution in [-0.4, -0.2) is 43.6 Å². The van der Waals surface area contributed by atoms with Crippen molar-refractivity contribution in [2.45, 2.75) is 32.2 Å². The molecule has 0 radical (unpaired) electrons. The molecule has 0 unspecified atom stereocenters. The van der Waals surface area contributed by atoms with Gasteiger partial charge in [0.2, 0.25) is 0 Å². The zero-order valence-corrected chi connectivity index (χ0v) is 17.6.